The molecule has 5 nitrogen and oxygen atoms in total. The minimum Gasteiger partial charge on any atom is -0.369 e. The van der Waals surface area contributed by atoms with Crippen molar-refractivity contribution in [2.45, 2.75) is 13.8 Å². The minimum atomic E-state index is 0.537. The van der Waals surface area contributed by atoms with E-state index in [1.54, 1.807) is 0 Å². The van der Waals surface area contributed by atoms with Gasteiger partial charge in [-0.3, -0.25) is 0 Å². The lowest BCUT2D eigenvalue weighted by molar-refractivity contribution is 0.684. The monoisotopic (exact) mass is 285 g/mol. The van der Waals surface area contributed by atoms with Gasteiger partial charge in [0.1, 0.15) is 5.82 Å². The molecule has 0 radical (unpaired) electrons. The first-order chi connectivity index (χ1) is 10.2. The third-order valence-corrected chi connectivity index (χ3v) is 2.91. The molecule has 21 heavy (non-hydrogen) atoms. The molecular formula is C16H23N5. The second-order valence-electron chi connectivity index (χ2n) is 5.32. The Balaban J connectivity index is 2.28. The molecule has 1 aromatic heterocycles. The Morgan fingerprint density at radius 3 is 2.52 bits per heavy atom. The first-order valence-corrected chi connectivity index (χ1v) is 7.31. The van der Waals surface area contributed by atoms with E-state index < -0.39 is 0 Å². The highest BCUT2D eigenvalue weighted by molar-refractivity contribution is 5.64. The van der Waals surface area contributed by atoms with E-state index in [-0.39, 0.29) is 0 Å². The molecule has 112 valence electrons. The van der Waals surface area contributed by atoms with Crippen LogP contribution in [0.25, 0.3) is 11.3 Å². The highest BCUT2D eigenvalue weighted by atomic mass is 15.1. The number of nitrogens with two attached hydrogens (primary N) is 1. The fourth-order valence-electron chi connectivity index (χ4n) is 1.87. The summed E-state index contributed by atoms with van der Waals surface area (Å²) >= 11 is 0. The Morgan fingerprint density at radius 2 is 1.86 bits per heavy atom. The summed E-state index contributed by atoms with van der Waals surface area (Å²) in [6, 6.07) is 12.0. The van der Waals surface area contributed by atoms with E-state index in [1.807, 2.05) is 36.4 Å². The molecule has 2 rings (SSSR count). The van der Waals surface area contributed by atoms with Crippen molar-refractivity contribution in [3.63, 3.8) is 0 Å². The summed E-state index contributed by atoms with van der Waals surface area (Å²) in [6.45, 7) is 6.41. The van der Waals surface area contributed by atoms with Crippen molar-refractivity contribution in [2.24, 2.45) is 11.7 Å². The van der Waals surface area contributed by atoms with Crippen LogP contribution in [0.1, 0.15) is 13.8 Å². The number of anilines is 2. The average Bonchev–Trinajstić information content (AvgIpc) is 2.51. The van der Waals surface area contributed by atoms with E-state index in [0.717, 1.165) is 23.6 Å². The summed E-state index contributed by atoms with van der Waals surface area (Å²) in [4.78, 5) is 9.07. The summed E-state index contributed by atoms with van der Waals surface area (Å²) < 4.78 is 0. The van der Waals surface area contributed by atoms with Crippen LogP contribution in [0.5, 0.6) is 0 Å². The predicted molar refractivity (Wildman–Crippen MR) is 88.3 cm³/mol. The fraction of sp³-hybridized carbons (Fsp3) is 0.375. The molecule has 0 amide bonds. The van der Waals surface area contributed by atoms with Gasteiger partial charge in [-0.15, -0.1) is 0 Å². The molecule has 0 fully saturated rings. The first kappa shape index (κ1) is 15.3. The van der Waals surface area contributed by atoms with Crippen molar-refractivity contribution < 1.29 is 0 Å². The van der Waals surface area contributed by atoms with Crippen LogP contribution in [-0.4, -0.2) is 29.6 Å². The Bertz CT molecular complexity index is 554. The van der Waals surface area contributed by atoms with Crippen LogP contribution in [0.2, 0.25) is 0 Å². The van der Waals surface area contributed by atoms with Gasteiger partial charge in [-0.05, 0) is 5.92 Å². The molecule has 0 saturated carbocycles. The summed E-state index contributed by atoms with van der Waals surface area (Å²) in [7, 11) is 0. The van der Waals surface area contributed by atoms with Crippen molar-refractivity contribution in [1.29, 1.82) is 0 Å². The second kappa shape index (κ2) is 7.59. The van der Waals surface area contributed by atoms with Gasteiger partial charge in [-0.25, -0.2) is 4.98 Å². The number of nitrogens with zero attached hydrogens (tertiary/aromatic N) is 2. The molecular weight excluding hydrogens is 262 g/mol. The van der Waals surface area contributed by atoms with Gasteiger partial charge >= 0.3 is 0 Å². The molecule has 0 spiro atoms. The topological polar surface area (TPSA) is 75.9 Å². The number of benzene rings is 1. The highest BCUT2D eigenvalue weighted by Crippen LogP contribution is 2.21. The maximum atomic E-state index is 5.54. The first-order valence-electron chi connectivity index (χ1n) is 7.31. The molecule has 2 aromatic rings. The number of rotatable bonds is 7. The number of aromatic nitrogens is 2. The molecule has 0 aliphatic rings. The molecule has 4 N–H and O–H groups in total. The standard InChI is InChI=1S/C16H23N5/c1-12(2)11-19-16-20-14(13-6-4-3-5-7-13)10-15(21-16)18-9-8-17/h3-7,10,12H,8-9,11,17H2,1-2H3,(H2,18,19,20,21). The molecule has 0 saturated heterocycles. The normalized spacial score (nSPS) is 10.7. The fourth-order valence-corrected chi connectivity index (χ4v) is 1.87. The van der Waals surface area contributed by atoms with Gasteiger partial charge in [-0.1, -0.05) is 44.2 Å². The van der Waals surface area contributed by atoms with E-state index in [4.69, 9.17) is 5.73 Å². The van der Waals surface area contributed by atoms with E-state index in [2.05, 4.69) is 34.4 Å². The molecule has 0 aliphatic carbocycles. The lowest BCUT2D eigenvalue weighted by Gasteiger charge is -2.12. The van der Waals surface area contributed by atoms with E-state index in [9.17, 15) is 0 Å². The molecule has 0 aliphatic heterocycles. The van der Waals surface area contributed by atoms with Crippen molar-refractivity contribution in [1.82, 2.24) is 9.97 Å². The van der Waals surface area contributed by atoms with E-state index in [0.29, 0.717) is 25.0 Å². The van der Waals surface area contributed by atoms with Gasteiger partial charge < -0.3 is 16.4 Å². The SMILES string of the molecule is CC(C)CNc1nc(NCCN)cc(-c2ccccc2)n1. The summed E-state index contributed by atoms with van der Waals surface area (Å²) in [5, 5.41) is 6.49. The van der Waals surface area contributed by atoms with Gasteiger partial charge in [0.05, 0.1) is 5.69 Å². The molecule has 5 heteroatoms. The zero-order valence-electron chi connectivity index (χ0n) is 12.6. The largest absolute Gasteiger partial charge is 0.369 e. The summed E-state index contributed by atoms with van der Waals surface area (Å²) in [5.41, 5.74) is 7.51. The average molecular weight is 285 g/mol. The number of nitrogens with one attached hydrogen (secondary N) is 2. The third kappa shape index (κ3) is 4.72. The lowest BCUT2D eigenvalue weighted by Crippen LogP contribution is -2.16. The van der Waals surface area contributed by atoms with Gasteiger partial charge in [0.15, 0.2) is 0 Å². The molecule has 0 bridgehead atoms. The summed E-state index contributed by atoms with van der Waals surface area (Å²) in [5.74, 6) is 1.97. The molecule has 1 aromatic carbocycles. The van der Waals surface area contributed by atoms with Gasteiger partial charge in [0.25, 0.3) is 0 Å². The van der Waals surface area contributed by atoms with Crippen molar-refractivity contribution in [3.8, 4) is 11.3 Å². The Labute approximate surface area is 126 Å². The van der Waals surface area contributed by atoms with E-state index in [1.165, 1.54) is 0 Å². The highest BCUT2D eigenvalue weighted by Gasteiger charge is 2.06. The maximum Gasteiger partial charge on any atom is 0.225 e. The molecule has 1 heterocycles. The van der Waals surface area contributed by atoms with Gasteiger partial charge in [0.2, 0.25) is 5.95 Å². The van der Waals surface area contributed by atoms with Crippen LogP contribution < -0.4 is 16.4 Å². The zero-order valence-corrected chi connectivity index (χ0v) is 12.6. The van der Waals surface area contributed by atoms with Crippen molar-refractivity contribution in [3.05, 3.63) is 36.4 Å². The third-order valence-electron chi connectivity index (χ3n) is 2.91. The number of hydrogen-bond acceptors (Lipinski definition) is 5. The van der Waals surface area contributed by atoms with Crippen LogP contribution in [0.3, 0.4) is 0 Å². The quantitative estimate of drug-likeness (QED) is 0.729. The molecule has 0 atom stereocenters. The second-order valence-corrected chi connectivity index (χ2v) is 5.32. The van der Waals surface area contributed by atoms with Crippen LogP contribution in [0, 0.1) is 5.92 Å². The zero-order chi connectivity index (χ0) is 15.1. The van der Waals surface area contributed by atoms with Crippen LogP contribution in [-0.2, 0) is 0 Å². The smallest absolute Gasteiger partial charge is 0.225 e. The Kier molecular flexibility index (Phi) is 5.51. The number of hydrogen-bond donors (Lipinski definition) is 3. The minimum absolute atomic E-state index is 0.537. The van der Waals surface area contributed by atoms with Gasteiger partial charge in [0, 0.05) is 31.3 Å². The van der Waals surface area contributed by atoms with Crippen LogP contribution in [0.4, 0.5) is 11.8 Å². The summed E-state index contributed by atoms with van der Waals surface area (Å²) in [6.07, 6.45) is 0. The van der Waals surface area contributed by atoms with Crippen molar-refractivity contribution >= 4 is 11.8 Å². The van der Waals surface area contributed by atoms with Gasteiger partial charge in [-0.2, -0.15) is 4.98 Å². The maximum absolute atomic E-state index is 5.54. The van der Waals surface area contributed by atoms with E-state index >= 15 is 0 Å². The van der Waals surface area contributed by atoms with Crippen LogP contribution in [0.15, 0.2) is 36.4 Å². The predicted octanol–water partition coefficient (Wildman–Crippen LogP) is 2.58. The Morgan fingerprint density at radius 1 is 1.10 bits per heavy atom. The Hall–Kier alpha value is -2.14. The lowest BCUT2D eigenvalue weighted by atomic mass is 10.1. The van der Waals surface area contributed by atoms with Crippen molar-refractivity contribution in [2.75, 3.05) is 30.3 Å². The van der Waals surface area contributed by atoms with Crippen LogP contribution >= 0.6 is 0 Å². The molecule has 0 unspecified atom stereocenters.